The zero-order valence-electron chi connectivity index (χ0n) is 18.2. The summed E-state index contributed by atoms with van der Waals surface area (Å²) in [6.07, 6.45) is 0.0558. The van der Waals surface area contributed by atoms with E-state index in [4.69, 9.17) is 4.52 Å². The maximum atomic E-state index is 12.7. The SMILES string of the molecule is CC(=O)Nc1ccc(-c2csc3nc(NC(=O)Cc4noc5c(C)cc(C)cc45)nn23)cc1. The number of aromatic nitrogens is 4. The van der Waals surface area contributed by atoms with Gasteiger partial charge in [-0.25, -0.2) is 4.52 Å². The second-order valence-corrected chi connectivity index (χ2v) is 8.66. The van der Waals surface area contributed by atoms with E-state index in [-0.39, 0.29) is 24.2 Å². The number of carbonyl (C=O) groups excluding carboxylic acids is 2. The van der Waals surface area contributed by atoms with Gasteiger partial charge in [0.1, 0.15) is 5.69 Å². The minimum Gasteiger partial charge on any atom is -0.356 e. The monoisotopic (exact) mass is 460 g/mol. The number of hydrogen-bond donors (Lipinski definition) is 2. The Balaban J connectivity index is 1.35. The summed E-state index contributed by atoms with van der Waals surface area (Å²) < 4.78 is 7.12. The van der Waals surface area contributed by atoms with Crippen molar-refractivity contribution < 1.29 is 14.1 Å². The van der Waals surface area contributed by atoms with Crippen molar-refractivity contribution in [2.24, 2.45) is 0 Å². The lowest BCUT2D eigenvalue weighted by molar-refractivity contribution is -0.116. The third-order valence-electron chi connectivity index (χ3n) is 5.14. The maximum Gasteiger partial charge on any atom is 0.250 e. The second-order valence-electron chi connectivity index (χ2n) is 7.82. The number of hydrogen-bond acceptors (Lipinski definition) is 7. The van der Waals surface area contributed by atoms with E-state index in [1.807, 2.05) is 55.6 Å². The number of rotatable bonds is 5. The van der Waals surface area contributed by atoms with Crippen LogP contribution in [0, 0.1) is 13.8 Å². The number of nitrogens with zero attached hydrogens (tertiary/aromatic N) is 4. The largest absolute Gasteiger partial charge is 0.356 e. The van der Waals surface area contributed by atoms with Crippen LogP contribution in [0.15, 0.2) is 46.3 Å². The minimum absolute atomic E-state index is 0.0558. The first kappa shape index (κ1) is 20.8. The molecule has 0 fully saturated rings. The van der Waals surface area contributed by atoms with Crippen LogP contribution < -0.4 is 10.6 Å². The number of aryl methyl sites for hydroxylation is 2. The summed E-state index contributed by atoms with van der Waals surface area (Å²) in [6.45, 7) is 5.42. The number of benzene rings is 2. The zero-order valence-corrected chi connectivity index (χ0v) is 19.0. The number of fused-ring (bicyclic) bond motifs is 2. The predicted octanol–water partition coefficient (Wildman–Crippen LogP) is 4.36. The minimum atomic E-state index is -0.274. The van der Waals surface area contributed by atoms with Gasteiger partial charge in [0.25, 0.3) is 0 Å². The first-order valence-corrected chi connectivity index (χ1v) is 11.1. The molecule has 2 N–H and O–H groups in total. The van der Waals surface area contributed by atoms with Gasteiger partial charge < -0.3 is 9.84 Å². The van der Waals surface area contributed by atoms with Gasteiger partial charge in [-0.2, -0.15) is 4.98 Å². The van der Waals surface area contributed by atoms with Crippen molar-refractivity contribution in [3.63, 3.8) is 0 Å². The number of amides is 2. The summed E-state index contributed by atoms with van der Waals surface area (Å²) in [4.78, 5) is 28.9. The highest BCUT2D eigenvalue weighted by molar-refractivity contribution is 7.15. The number of nitrogens with one attached hydrogen (secondary N) is 2. The quantitative estimate of drug-likeness (QED) is 0.403. The van der Waals surface area contributed by atoms with E-state index in [0.717, 1.165) is 33.5 Å². The lowest BCUT2D eigenvalue weighted by Gasteiger charge is -2.03. The van der Waals surface area contributed by atoms with Crippen LogP contribution in [-0.2, 0) is 16.0 Å². The average molecular weight is 461 g/mol. The van der Waals surface area contributed by atoms with E-state index in [9.17, 15) is 9.59 Å². The number of thiazole rings is 1. The Bertz CT molecular complexity index is 1510. The molecule has 2 aromatic carbocycles. The summed E-state index contributed by atoms with van der Waals surface area (Å²) in [6, 6.07) is 11.4. The van der Waals surface area contributed by atoms with E-state index < -0.39 is 0 Å². The Kier molecular flexibility index (Phi) is 5.14. The molecule has 0 saturated carbocycles. The zero-order chi connectivity index (χ0) is 23.1. The topological polar surface area (TPSA) is 114 Å². The molecule has 166 valence electrons. The third kappa shape index (κ3) is 4.08. The van der Waals surface area contributed by atoms with Gasteiger partial charge in [-0.1, -0.05) is 23.4 Å². The molecule has 0 atom stereocenters. The van der Waals surface area contributed by atoms with E-state index in [1.165, 1.54) is 18.3 Å². The van der Waals surface area contributed by atoms with Gasteiger partial charge in [-0.15, -0.1) is 16.4 Å². The molecule has 2 amide bonds. The van der Waals surface area contributed by atoms with Gasteiger partial charge in [0.15, 0.2) is 5.58 Å². The molecule has 0 radical (unpaired) electrons. The van der Waals surface area contributed by atoms with Crippen molar-refractivity contribution in [1.29, 1.82) is 0 Å². The van der Waals surface area contributed by atoms with E-state index in [0.29, 0.717) is 16.2 Å². The second kappa shape index (κ2) is 8.14. The van der Waals surface area contributed by atoms with Gasteiger partial charge in [0.05, 0.1) is 12.1 Å². The lowest BCUT2D eigenvalue weighted by Crippen LogP contribution is -2.16. The molecular formula is C23H20N6O3S. The van der Waals surface area contributed by atoms with Crippen LogP contribution in [0.1, 0.15) is 23.7 Å². The Morgan fingerprint density at radius 2 is 1.91 bits per heavy atom. The molecule has 0 aliphatic carbocycles. The average Bonchev–Trinajstić information content (AvgIpc) is 3.43. The summed E-state index contributed by atoms with van der Waals surface area (Å²) in [5.74, 6) is -0.173. The normalized spacial score (nSPS) is 11.2. The van der Waals surface area contributed by atoms with Gasteiger partial charge in [-0.05, 0) is 43.2 Å². The fourth-order valence-electron chi connectivity index (χ4n) is 3.75. The van der Waals surface area contributed by atoms with E-state index in [2.05, 4.69) is 25.9 Å². The highest BCUT2D eigenvalue weighted by atomic mass is 32.1. The maximum absolute atomic E-state index is 12.7. The molecule has 10 heteroatoms. The first-order chi connectivity index (χ1) is 15.9. The van der Waals surface area contributed by atoms with Crippen LogP contribution in [0.2, 0.25) is 0 Å². The molecule has 0 unspecified atom stereocenters. The molecular weight excluding hydrogens is 440 g/mol. The lowest BCUT2D eigenvalue weighted by atomic mass is 10.1. The predicted molar refractivity (Wildman–Crippen MR) is 126 cm³/mol. The Morgan fingerprint density at radius 1 is 1.12 bits per heavy atom. The van der Waals surface area contributed by atoms with Gasteiger partial charge in [0.2, 0.25) is 22.7 Å². The molecule has 0 aliphatic rings. The van der Waals surface area contributed by atoms with Crippen molar-refractivity contribution >= 4 is 50.7 Å². The van der Waals surface area contributed by atoms with Crippen LogP contribution in [0.5, 0.6) is 0 Å². The standard InChI is InChI=1S/C23H20N6O3S/c1-12-8-13(2)21-17(9-12)18(28-32-21)10-20(31)25-22-26-23-29(27-22)19(11-33-23)15-4-6-16(7-5-15)24-14(3)30/h4-9,11H,10H2,1-3H3,(H,24,30)(H,25,27,31). The number of anilines is 2. The van der Waals surface area contributed by atoms with Crippen LogP contribution in [0.3, 0.4) is 0 Å². The third-order valence-corrected chi connectivity index (χ3v) is 5.96. The molecule has 9 nitrogen and oxygen atoms in total. The van der Waals surface area contributed by atoms with Crippen molar-refractivity contribution in [2.75, 3.05) is 10.6 Å². The van der Waals surface area contributed by atoms with Crippen molar-refractivity contribution in [3.8, 4) is 11.3 Å². The molecule has 5 rings (SSSR count). The summed E-state index contributed by atoms with van der Waals surface area (Å²) in [5, 5.41) is 16.8. The van der Waals surface area contributed by atoms with Gasteiger partial charge >= 0.3 is 0 Å². The van der Waals surface area contributed by atoms with Crippen LogP contribution in [0.25, 0.3) is 27.2 Å². The highest BCUT2D eigenvalue weighted by Gasteiger charge is 2.17. The van der Waals surface area contributed by atoms with E-state index >= 15 is 0 Å². The van der Waals surface area contributed by atoms with Crippen molar-refractivity contribution in [1.82, 2.24) is 19.8 Å². The molecule has 3 aromatic heterocycles. The molecule has 0 spiro atoms. The molecule has 0 aliphatic heterocycles. The fraction of sp³-hybridized carbons (Fsp3) is 0.174. The summed E-state index contributed by atoms with van der Waals surface area (Å²) in [5.41, 5.74) is 5.81. The van der Waals surface area contributed by atoms with Gasteiger partial charge in [-0.3, -0.25) is 14.9 Å². The molecule has 33 heavy (non-hydrogen) atoms. The van der Waals surface area contributed by atoms with E-state index in [1.54, 1.807) is 4.52 Å². The Morgan fingerprint density at radius 3 is 2.67 bits per heavy atom. The van der Waals surface area contributed by atoms with Crippen LogP contribution >= 0.6 is 11.3 Å². The van der Waals surface area contributed by atoms with Crippen LogP contribution in [-0.4, -0.2) is 31.6 Å². The smallest absolute Gasteiger partial charge is 0.250 e. The summed E-state index contributed by atoms with van der Waals surface area (Å²) >= 11 is 1.42. The molecule has 5 aromatic rings. The molecule has 0 saturated heterocycles. The van der Waals surface area contributed by atoms with Gasteiger partial charge in [0, 0.05) is 28.9 Å². The Labute approximate surface area is 192 Å². The number of carbonyl (C=O) groups is 2. The van der Waals surface area contributed by atoms with Crippen LogP contribution in [0.4, 0.5) is 11.6 Å². The van der Waals surface area contributed by atoms with Crippen molar-refractivity contribution in [3.05, 3.63) is 58.6 Å². The highest BCUT2D eigenvalue weighted by Crippen LogP contribution is 2.27. The molecule has 3 heterocycles. The first-order valence-electron chi connectivity index (χ1n) is 10.2. The Hall–Kier alpha value is -4.05. The molecule has 0 bridgehead atoms. The van der Waals surface area contributed by atoms with Crippen molar-refractivity contribution in [2.45, 2.75) is 27.2 Å². The summed E-state index contributed by atoms with van der Waals surface area (Å²) in [7, 11) is 0. The fourth-order valence-corrected chi connectivity index (χ4v) is 4.58.